The number of rotatable bonds is 4. The summed E-state index contributed by atoms with van der Waals surface area (Å²) in [6.45, 7) is 0. The first-order chi connectivity index (χ1) is 9.10. The fourth-order valence-corrected chi connectivity index (χ4v) is 2.82. The molecule has 2 aromatic rings. The van der Waals surface area contributed by atoms with E-state index in [1.807, 2.05) is 30.5 Å². The maximum absolute atomic E-state index is 10.7. The van der Waals surface area contributed by atoms with Gasteiger partial charge in [0.05, 0.1) is 4.92 Å². The molecule has 0 unspecified atom stereocenters. The summed E-state index contributed by atoms with van der Waals surface area (Å²) in [7, 11) is 0. The molecule has 0 spiro atoms. The van der Waals surface area contributed by atoms with Gasteiger partial charge in [0.15, 0.2) is 0 Å². The summed E-state index contributed by atoms with van der Waals surface area (Å²) in [5.41, 5.74) is 5.80. The Kier molecular flexibility index (Phi) is 4.34. The molecule has 2 N–H and O–H groups in total. The molecule has 0 aliphatic carbocycles. The average molecular weight is 292 g/mol. The summed E-state index contributed by atoms with van der Waals surface area (Å²) >= 11 is 3.22. The van der Waals surface area contributed by atoms with Crippen LogP contribution in [0.2, 0.25) is 0 Å². The van der Waals surface area contributed by atoms with E-state index in [2.05, 4.69) is 0 Å². The Morgan fingerprint density at radius 3 is 2.16 bits per heavy atom. The van der Waals surface area contributed by atoms with E-state index >= 15 is 0 Å². The molecule has 6 heteroatoms. The van der Waals surface area contributed by atoms with Crippen LogP contribution < -0.4 is 5.73 Å². The lowest BCUT2D eigenvalue weighted by molar-refractivity contribution is -0.383. The first-order valence-electron chi connectivity index (χ1n) is 5.46. The lowest BCUT2D eigenvalue weighted by atomic mass is 10.3. The molecule has 19 heavy (non-hydrogen) atoms. The molecule has 0 atom stereocenters. The van der Waals surface area contributed by atoms with Crippen LogP contribution in [0.5, 0.6) is 0 Å². The molecular weight excluding hydrogens is 280 g/mol. The van der Waals surface area contributed by atoms with Crippen LogP contribution in [-0.4, -0.2) is 11.2 Å². The summed E-state index contributed by atoms with van der Waals surface area (Å²) < 4.78 is 0. The Bertz CT molecular complexity index is 600. The van der Waals surface area contributed by atoms with Gasteiger partial charge < -0.3 is 5.73 Å². The number of benzene rings is 2. The van der Waals surface area contributed by atoms with E-state index < -0.39 is 4.92 Å². The van der Waals surface area contributed by atoms with Crippen molar-refractivity contribution in [2.75, 3.05) is 12.0 Å². The zero-order chi connectivity index (χ0) is 13.8. The maximum Gasteiger partial charge on any atom is 0.292 e. The summed E-state index contributed by atoms with van der Waals surface area (Å²) in [6, 6.07) is 12.9. The minimum absolute atomic E-state index is 0.0536. The fourth-order valence-electron chi connectivity index (χ4n) is 1.54. The van der Waals surface area contributed by atoms with Gasteiger partial charge in [-0.2, -0.15) is 0 Å². The van der Waals surface area contributed by atoms with Crippen LogP contribution in [0.3, 0.4) is 0 Å². The third kappa shape index (κ3) is 3.42. The minimum atomic E-state index is -0.475. The molecule has 0 saturated heterocycles. The minimum Gasteiger partial charge on any atom is -0.393 e. The molecule has 0 fully saturated rings. The third-order valence-electron chi connectivity index (χ3n) is 2.49. The van der Waals surface area contributed by atoms with Crippen molar-refractivity contribution in [1.29, 1.82) is 0 Å². The molecule has 2 rings (SSSR count). The van der Waals surface area contributed by atoms with Gasteiger partial charge in [0.2, 0.25) is 0 Å². The van der Waals surface area contributed by atoms with Gasteiger partial charge in [-0.3, -0.25) is 10.1 Å². The van der Waals surface area contributed by atoms with Crippen molar-refractivity contribution < 1.29 is 4.92 Å². The zero-order valence-electron chi connectivity index (χ0n) is 10.2. The third-order valence-corrected chi connectivity index (χ3v) is 4.23. The molecular formula is C13H12N2O2S2. The summed E-state index contributed by atoms with van der Waals surface area (Å²) in [5.74, 6) is 0. The zero-order valence-corrected chi connectivity index (χ0v) is 11.8. The van der Waals surface area contributed by atoms with Crippen LogP contribution >= 0.6 is 23.5 Å². The highest BCUT2D eigenvalue weighted by Crippen LogP contribution is 2.33. The SMILES string of the molecule is CSc1ccc(Sc2ccc([N+](=O)[O-])c(N)c2)cc1. The smallest absolute Gasteiger partial charge is 0.292 e. The average Bonchev–Trinajstić information content (AvgIpc) is 2.39. The van der Waals surface area contributed by atoms with Crippen molar-refractivity contribution >= 4 is 34.9 Å². The van der Waals surface area contributed by atoms with Gasteiger partial charge in [-0.25, -0.2) is 0 Å². The first-order valence-corrected chi connectivity index (χ1v) is 7.50. The van der Waals surface area contributed by atoms with Crippen molar-refractivity contribution in [1.82, 2.24) is 0 Å². The van der Waals surface area contributed by atoms with Gasteiger partial charge in [-0.15, -0.1) is 11.8 Å². The van der Waals surface area contributed by atoms with Crippen molar-refractivity contribution in [3.8, 4) is 0 Å². The molecule has 0 saturated carbocycles. The van der Waals surface area contributed by atoms with Crippen molar-refractivity contribution in [2.45, 2.75) is 14.7 Å². The van der Waals surface area contributed by atoms with E-state index in [9.17, 15) is 10.1 Å². The quantitative estimate of drug-likeness (QED) is 0.398. The summed E-state index contributed by atoms with van der Waals surface area (Å²) in [6.07, 6.45) is 2.03. The van der Waals surface area contributed by atoms with E-state index in [1.165, 1.54) is 22.7 Å². The first kappa shape index (κ1) is 13.8. The van der Waals surface area contributed by atoms with Gasteiger partial charge in [-0.1, -0.05) is 11.8 Å². The highest BCUT2D eigenvalue weighted by molar-refractivity contribution is 7.99. The number of nitro groups is 1. The second-order valence-corrected chi connectivity index (χ2v) is 5.78. The van der Waals surface area contributed by atoms with Crippen molar-refractivity contribution in [2.24, 2.45) is 0 Å². The Morgan fingerprint density at radius 2 is 1.63 bits per heavy atom. The van der Waals surface area contributed by atoms with E-state index in [-0.39, 0.29) is 11.4 Å². The summed E-state index contributed by atoms with van der Waals surface area (Å²) in [5, 5.41) is 10.7. The Morgan fingerprint density at radius 1 is 1.05 bits per heavy atom. The molecule has 0 amide bonds. The van der Waals surface area contributed by atoms with Crippen LogP contribution in [0.15, 0.2) is 57.2 Å². The number of thioether (sulfide) groups is 1. The molecule has 2 aromatic carbocycles. The number of hydrogen-bond acceptors (Lipinski definition) is 5. The van der Waals surface area contributed by atoms with Gasteiger partial charge in [0, 0.05) is 20.8 Å². The van der Waals surface area contributed by atoms with E-state index in [0.717, 1.165) is 9.79 Å². The standard InChI is InChI=1S/C13H12N2O2S2/c1-18-9-2-4-10(5-3-9)19-11-6-7-13(15(16)17)12(14)8-11/h2-8H,14H2,1H3. The topological polar surface area (TPSA) is 69.2 Å². The molecule has 98 valence electrons. The number of nitrogens with zero attached hydrogens (tertiary/aromatic N) is 1. The van der Waals surface area contributed by atoms with Gasteiger partial charge >= 0.3 is 0 Å². The van der Waals surface area contributed by atoms with E-state index in [1.54, 1.807) is 23.9 Å². The predicted octanol–water partition coefficient (Wildman–Crippen LogP) is 4.05. The molecule has 0 heterocycles. The monoisotopic (exact) mass is 292 g/mol. The molecule has 0 bridgehead atoms. The number of hydrogen-bond donors (Lipinski definition) is 1. The number of nitro benzene ring substituents is 1. The van der Waals surface area contributed by atoms with E-state index in [4.69, 9.17) is 5.73 Å². The highest BCUT2D eigenvalue weighted by atomic mass is 32.2. The largest absolute Gasteiger partial charge is 0.393 e. The second-order valence-electron chi connectivity index (χ2n) is 3.76. The molecule has 0 aliphatic rings. The van der Waals surface area contributed by atoms with Crippen molar-refractivity contribution in [3.63, 3.8) is 0 Å². The van der Waals surface area contributed by atoms with Crippen LogP contribution in [0, 0.1) is 10.1 Å². The molecule has 0 aliphatic heterocycles. The van der Waals surface area contributed by atoms with Gasteiger partial charge in [0.1, 0.15) is 5.69 Å². The normalized spacial score (nSPS) is 10.4. The van der Waals surface area contributed by atoms with Crippen LogP contribution in [0.1, 0.15) is 0 Å². The number of nitrogen functional groups attached to an aromatic ring is 1. The Labute approximate surface area is 119 Å². The maximum atomic E-state index is 10.7. The Hall–Kier alpha value is -1.66. The molecule has 0 radical (unpaired) electrons. The number of anilines is 1. The predicted molar refractivity (Wildman–Crippen MR) is 79.9 cm³/mol. The molecule has 0 aromatic heterocycles. The van der Waals surface area contributed by atoms with Crippen LogP contribution in [-0.2, 0) is 0 Å². The van der Waals surface area contributed by atoms with Crippen LogP contribution in [0.25, 0.3) is 0 Å². The highest BCUT2D eigenvalue weighted by Gasteiger charge is 2.11. The van der Waals surface area contributed by atoms with E-state index in [0.29, 0.717) is 0 Å². The van der Waals surface area contributed by atoms with Gasteiger partial charge in [0.25, 0.3) is 5.69 Å². The lowest BCUT2D eigenvalue weighted by Crippen LogP contribution is -1.95. The summed E-state index contributed by atoms with van der Waals surface area (Å²) in [4.78, 5) is 13.4. The Balaban J connectivity index is 2.18. The lowest BCUT2D eigenvalue weighted by Gasteiger charge is -2.04. The van der Waals surface area contributed by atoms with Crippen molar-refractivity contribution in [3.05, 3.63) is 52.6 Å². The number of nitrogens with two attached hydrogens (primary N) is 1. The fraction of sp³-hybridized carbons (Fsp3) is 0.0769. The molecule has 4 nitrogen and oxygen atoms in total. The second kappa shape index (κ2) is 5.99. The van der Waals surface area contributed by atoms with Gasteiger partial charge in [-0.05, 0) is 42.7 Å². The van der Waals surface area contributed by atoms with Crippen LogP contribution in [0.4, 0.5) is 11.4 Å².